The Morgan fingerprint density at radius 3 is 2.67 bits per heavy atom. The lowest BCUT2D eigenvalue weighted by Crippen LogP contribution is -2.46. The highest BCUT2D eigenvalue weighted by Crippen LogP contribution is 2.32. The van der Waals surface area contributed by atoms with Crippen molar-refractivity contribution in [2.24, 2.45) is 7.05 Å². The molecular weight excluding hydrogens is 304 g/mol. The van der Waals surface area contributed by atoms with E-state index in [2.05, 4.69) is 39.8 Å². The van der Waals surface area contributed by atoms with Crippen LogP contribution in [-0.2, 0) is 13.6 Å². The van der Waals surface area contributed by atoms with Crippen molar-refractivity contribution in [2.75, 3.05) is 33.9 Å². The van der Waals surface area contributed by atoms with Gasteiger partial charge in [-0.05, 0) is 30.2 Å². The van der Waals surface area contributed by atoms with Gasteiger partial charge in [0.25, 0.3) is 0 Å². The average Bonchev–Trinajstić information content (AvgIpc) is 3.02. The van der Waals surface area contributed by atoms with E-state index in [1.165, 1.54) is 11.1 Å². The molecule has 2 heterocycles. The summed E-state index contributed by atoms with van der Waals surface area (Å²) in [7, 11) is 5.40. The molecule has 24 heavy (non-hydrogen) atoms. The van der Waals surface area contributed by atoms with E-state index in [0.717, 1.165) is 43.5 Å². The summed E-state index contributed by atoms with van der Waals surface area (Å²) in [6.45, 7) is 5.89. The van der Waals surface area contributed by atoms with Crippen molar-refractivity contribution in [1.82, 2.24) is 19.8 Å². The minimum absolute atomic E-state index is 0.270. The zero-order valence-corrected chi connectivity index (χ0v) is 14.9. The average molecular weight is 330 g/mol. The molecule has 1 aromatic heterocycles. The summed E-state index contributed by atoms with van der Waals surface area (Å²) in [5.41, 5.74) is 2.47. The Balaban J connectivity index is 1.87. The third-order valence-electron chi connectivity index (χ3n) is 4.73. The highest BCUT2D eigenvalue weighted by molar-refractivity contribution is 5.47. The van der Waals surface area contributed by atoms with E-state index >= 15 is 0 Å². The van der Waals surface area contributed by atoms with Gasteiger partial charge in [-0.15, -0.1) is 0 Å². The monoisotopic (exact) mass is 330 g/mol. The minimum Gasteiger partial charge on any atom is -0.493 e. The number of piperazine rings is 1. The molecule has 0 bridgehead atoms. The Kier molecular flexibility index (Phi) is 5.06. The zero-order valence-electron chi connectivity index (χ0n) is 14.9. The Labute approximate surface area is 143 Å². The molecule has 1 aromatic carbocycles. The SMILES string of the molecule is COc1cc(C)c(CN2CCNCC2c2nccn2C)cc1OC. The van der Waals surface area contributed by atoms with Gasteiger partial charge in [-0.1, -0.05) is 0 Å². The number of aromatic nitrogens is 2. The number of aryl methyl sites for hydroxylation is 2. The van der Waals surface area contributed by atoms with E-state index in [4.69, 9.17) is 9.47 Å². The number of benzene rings is 1. The van der Waals surface area contributed by atoms with E-state index in [1.807, 2.05) is 18.5 Å². The zero-order chi connectivity index (χ0) is 17.1. The van der Waals surface area contributed by atoms with Gasteiger partial charge < -0.3 is 19.4 Å². The molecule has 6 heteroatoms. The molecule has 1 unspecified atom stereocenters. The number of nitrogens with one attached hydrogen (secondary N) is 1. The number of methoxy groups -OCH3 is 2. The fraction of sp³-hybridized carbons (Fsp3) is 0.500. The molecule has 6 nitrogen and oxygen atoms in total. The molecule has 2 aromatic rings. The van der Waals surface area contributed by atoms with Gasteiger partial charge in [-0.3, -0.25) is 4.90 Å². The molecule has 1 saturated heterocycles. The van der Waals surface area contributed by atoms with Gasteiger partial charge in [0, 0.05) is 45.6 Å². The lowest BCUT2D eigenvalue weighted by Gasteiger charge is -2.36. The quantitative estimate of drug-likeness (QED) is 0.907. The lowest BCUT2D eigenvalue weighted by molar-refractivity contribution is 0.144. The molecule has 1 fully saturated rings. The molecule has 0 amide bonds. The van der Waals surface area contributed by atoms with Gasteiger partial charge in [-0.2, -0.15) is 0 Å². The molecular formula is C18H26N4O2. The number of hydrogen-bond acceptors (Lipinski definition) is 5. The number of hydrogen-bond donors (Lipinski definition) is 1. The van der Waals surface area contributed by atoms with Gasteiger partial charge >= 0.3 is 0 Å². The van der Waals surface area contributed by atoms with Crippen molar-refractivity contribution in [2.45, 2.75) is 19.5 Å². The van der Waals surface area contributed by atoms with Crippen LogP contribution in [0.25, 0.3) is 0 Å². The topological polar surface area (TPSA) is 51.5 Å². The van der Waals surface area contributed by atoms with Gasteiger partial charge in [-0.25, -0.2) is 4.98 Å². The second kappa shape index (κ2) is 7.23. The van der Waals surface area contributed by atoms with Crippen molar-refractivity contribution in [3.8, 4) is 11.5 Å². The van der Waals surface area contributed by atoms with Crippen LogP contribution in [0.4, 0.5) is 0 Å². The minimum atomic E-state index is 0.270. The van der Waals surface area contributed by atoms with Crippen LogP contribution < -0.4 is 14.8 Å². The van der Waals surface area contributed by atoms with E-state index in [1.54, 1.807) is 14.2 Å². The van der Waals surface area contributed by atoms with Crippen molar-refractivity contribution in [3.63, 3.8) is 0 Å². The number of rotatable bonds is 5. The van der Waals surface area contributed by atoms with E-state index < -0.39 is 0 Å². The maximum absolute atomic E-state index is 5.47. The summed E-state index contributed by atoms with van der Waals surface area (Å²) in [6, 6.07) is 4.41. The second-order valence-electron chi connectivity index (χ2n) is 6.22. The third kappa shape index (κ3) is 3.25. The predicted molar refractivity (Wildman–Crippen MR) is 93.5 cm³/mol. The predicted octanol–water partition coefficient (Wildman–Crippen LogP) is 1.89. The van der Waals surface area contributed by atoms with E-state index in [-0.39, 0.29) is 6.04 Å². The Morgan fingerprint density at radius 1 is 1.25 bits per heavy atom. The number of imidazole rings is 1. The summed E-state index contributed by atoms with van der Waals surface area (Å²) in [5.74, 6) is 2.65. The first kappa shape index (κ1) is 16.8. The summed E-state index contributed by atoms with van der Waals surface area (Å²) in [5, 5.41) is 3.48. The molecule has 3 rings (SSSR count). The van der Waals surface area contributed by atoms with Crippen LogP contribution >= 0.6 is 0 Å². The highest BCUT2D eigenvalue weighted by Gasteiger charge is 2.27. The Bertz CT molecular complexity index is 698. The van der Waals surface area contributed by atoms with Gasteiger partial charge in [0.2, 0.25) is 0 Å². The van der Waals surface area contributed by atoms with Crippen LogP contribution in [0.5, 0.6) is 11.5 Å². The van der Waals surface area contributed by atoms with Crippen LogP contribution in [0.3, 0.4) is 0 Å². The standard InChI is InChI=1S/C18H26N4O2/c1-13-9-16(23-3)17(24-4)10-14(13)12-22-8-5-19-11-15(22)18-20-6-7-21(18)2/h6-7,9-10,15,19H,5,8,11-12H2,1-4H3. The molecule has 1 aliphatic heterocycles. The summed E-state index contributed by atoms with van der Waals surface area (Å²) >= 11 is 0. The summed E-state index contributed by atoms with van der Waals surface area (Å²) in [4.78, 5) is 7.03. The fourth-order valence-electron chi connectivity index (χ4n) is 3.30. The van der Waals surface area contributed by atoms with Gasteiger partial charge in [0.05, 0.1) is 20.3 Å². The van der Waals surface area contributed by atoms with Crippen LogP contribution in [0.15, 0.2) is 24.5 Å². The molecule has 0 aliphatic carbocycles. The molecule has 1 N–H and O–H groups in total. The van der Waals surface area contributed by atoms with Crippen LogP contribution in [0.1, 0.15) is 23.0 Å². The highest BCUT2D eigenvalue weighted by atomic mass is 16.5. The first-order valence-electron chi connectivity index (χ1n) is 8.27. The van der Waals surface area contributed by atoms with Crippen LogP contribution in [-0.4, -0.2) is 48.3 Å². The van der Waals surface area contributed by atoms with Crippen molar-refractivity contribution in [1.29, 1.82) is 0 Å². The molecule has 0 radical (unpaired) electrons. The maximum Gasteiger partial charge on any atom is 0.161 e. The first-order chi connectivity index (χ1) is 11.6. The Morgan fingerprint density at radius 2 is 2.00 bits per heavy atom. The smallest absolute Gasteiger partial charge is 0.161 e. The van der Waals surface area contributed by atoms with Crippen molar-refractivity contribution in [3.05, 3.63) is 41.5 Å². The van der Waals surface area contributed by atoms with E-state index in [9.17, 15) is 0 Å². The maximum atomic E-state index is 5.47. The second-order valence-corrected chi connectivity index (χ2v) is 6.22. The lowest BCUT2D eigenvalue weighted by atomic mass is 10.0. The van der Waals surface area contributed by atoms with Gasteiger partial charge in [0.15, 0.2) is 11.5 Å². The molecule has 1 aliphatic rings. The molecule has 130 valence electrons. The van der Waals surface area contributed by atoms with Gasteiger partial charge in [0.1, 0.15) is 5.82 Å². The fourth-order valence-corrected chi connectivity index (χ4v) is 3.30. The van der Waals surface area contributed by atoms with E-state index in [0.29, 0.717) is 0 Å². The van der Waals surface area contributed by atoms with Crippen LogP contribution in [0, 0.1) is 6.92 Å². The summed E-state index contributed by atoms with van der Waals surface area (Å²) in [6.07, 6.45) is 3.87. The molecule has 0 spiro atoms. The first-order valence-corrected chi connectivity index (χ1v) is 8.27. The normalized spacial score (nSPS) is 18.6. The largest absolute Gasteiger partial charge is 0.493 e. The molecule has 0 saturated carbocycles. The summed E-state index contributed by atoms with van der Waals surface area (Å²) < 4.78 is 13.0. The van der Waals surface area contributed by atoms with Crippen LogP contribution in [0.2, 0.25) is 0 Å². The number of ether oxygens (including phenoxy) is 2. The van der Waals surface area contributed by atoms with Crippen molar-refractivity contribution < 1.29 is 9.47 Å². The molecule has 1 atom stereocenters. The van der Waals surface area contributed by atoms with Crippen molar-refractivity contribution >= 4 is 0 Å². The Hall–Kier alpha value is -2.05. The third-order valence-corrected chi connectivity index (χ3v) is 4.73. The number of nitrogens with zero attached hydrogens (tertiary/aromatic N) is 3.